The van der Waals surface area contributed by atoms with Gasteiger partial charge in [0, 0.05) is 38.6 Å². The molecular formula is C13H16N4O2S. The number of nitrogens with one attached hydrogen (secondary N) is 2. The van der Waals surface area contributed by atoms with Crippen LogP contribution in [0.15, 0.2) is 41.8 Å². The van der Waals surface area contributed by atoms with Gasteiger partial charge in [0.15, 0.2) is 0 Å². The number of sulfonamides is 1. The van der Waals surface area contributed by atoms with Gasteiger partial charge in [-0.25, -0.2) is 18.1 Å². The van der Waals surface area contributed by atoms with Crippen LogP contribution in [0.25, 0.3) is 0 Å². The van der Waals surface area contributed by atoms with Gasteiger partial charge in [0.05, 0.1) is 11.2 Å². The van der Waals surface area contributed by atoms with Crippen molar-refractivity contribution in [3.63, 3.8) is 0 Å². The third-order valence-electron chi connectivity index (χ3n) is 3.34. The molecule has 0 saturated carbocycles. The van der Waals surface area contributed by atoms with E-state index >= 15 is 0 Å². The highest BCUT2D eigenvalue weighted by atomic mass is 32.2. The number of hydrogen-bond acceptors (Lipinski definition) is 4. The van der Waals surface area contributed by atoms with E-state index in [2.05, 4.69) is 15.0 Å². The van der Waals surface area contributed by atoms with Crippen LogP contribution in [0, 0.1) is 0 Å². The number of hydrogen-bond donors (Lipinski definition) is 2. The van der Waals surface area contributed by atoms with E-state index in [4.69, 9.17) is 0 Å². The number of fused-ring (bicyclic) bond motifs is 1. The van der Waals surface area contributed by atoms with Crippen LogP contribution in [0.3, 0.4) is 0 Å². The Bertz CT molecular complexity index is 695. The Balaban J connectivity index is 1.68. The van der Waals surface area contributed by atoms with Crippen LogP contribution in [0.4, 0.5) is 0 Å². The summed E-state index contributed by atoms with van der Waals surface area (Å²) >= 11 is 0. The zero-order valence-electron chi connectivity index (χ0n) is 10.9. The maximum absolute atomic E-state index is 12.2. The van der Waals surface area contributed by atoms with E-state index in [1.165, 1.54) is 5.56 Å². The van der Waals surface area contributed by atoms with E-state index in [0.717, 1.165) is 18.7 Å². The van der Waals surface area contributed by atoms with Crippen molar-refractivity contribution in [2.75, 3.05) is 6.54 Å². The lowest BCUT2D eigenvalue weighted by molar-refractivity contribution is 0.572. The molecule has 0 amide bonds. The van der Waals surface area contributed by atoms with Crippen LogP contribution in [0.5, 0.6) is 0 Å². The SMILES string of the molecule is O=S(=O)(NCCn1ccnc1)c1ccc2c(c1)CNC2. The predicted octanol–water partition coefficient (Wildman–Crippen LogP) is 0.465. The fourth-order valence-electron chi connectivity index (χ4n) is 2.25. The average Bonchev–Trinajstić information content (AvgIpc) is 3.08. The predicted molar refractivity (Wildman–Crippen MR) is 74.4 cm³/mol. The molecule has 2 heterocycles. The summed E-state index contributed by atoms with van der Waals surface area (Å²) in [4.78, 5) is 4.24. The van der Waals surface area contributed by atoms with E-state index in [9.17, 15) is 8.42 Å². The maximum Gasteiger partial charge on any atom is 0.240 e. The normalized spacial score (nSPS) is 14.4. The summed E-state index contributed by atoms with van der Waals surface area (Å²) in [5.74, 6) is 0. The van der Waals surface area contributed by atoms with Crippen LogP contribution < -0.4 is 10.0 Å². The Morgan fingerprint density at radius 3 is 2.95 bits per heavy atom. The van der Waals surface area contributed by atoms with Gasteiger partial charge >= 0.3 is 0 Å². The fourth-order valence-corrected chi connectivity index (χ4v) is 3.32. The summed E-state index contributed by atoms with van der Waals surface area (Å²) in [6, 6.07) is 5.28. The molecule has 0 fully saturated rings. The van der Waals surface area contributed by atoms with Crippen LogP contribution in [0.1, 0.15) is 11.1 Å². The van der Waals surface area contributed by atoms with Gasteiger partial charge in [0.1, 0.15) is 0 Å². The van der Waals surface area contributed by atoms with Crippen LogP contribution in [-0.2, 0) is 29.7 Å². The minimum absolute atomic E-state index is 0.325. The quantitative estimate of drug-likeness (QED) is 0.840. The minimum Gasteiger partial charge on any atom is -0.336 e. The second kappa shape index (κ2) is 5.35. The second-order valence-corrected chi connectivity index (χ2v) is 6.50. The molecule has 1 aromatic heterocycles. The molecule has 0 unspecified atom stereocenters. The van der Waals surface area contributed by atoms with E-state index in [0.29, 0.717) is 18.0 Å². The number of rotatable bonds is 5. The Hall–Kier alpha value is -1.70. The van der Waals surface area contributed by atoms with Crippen LogP contribution >= 0.6 is 0 Å². The first kappa shape index (κ1) is 13.3. The highest BCUT2D eigenvalue weighted by molar-refractivity contribution is 7.89. The Labute approximate surface area is 117 Å². The Morgan fingerprint density at radius 2 is 2.15 bits per heavy atom. The van der Waals surface area contributed by atoms with Gasteiger partial charge in [-0.05, 0) is 23.3 Å². The molecule has 0 radical (unpaired) electrons. The van der Waals surface area contributed by atoms with Gasteiger partial charge in [0.25, 0.3) is 0 Å². The minimum atomic E-state index is -3.45. The topological polar surface area (TPSA) is 76.0 Å². The first-order valence-corrected chi connectivity index (χ1v) is 7.91. The molecule has 0 aliphatic carbocycles. The third-order valence-corrected chi connectivity index (χ3v) is 4.80. The molecule has 0 saturated heterocycles. The molecule has 20 heavy (non-hydrogen) atoms. The summed E-state index contributed by atoms with van der Waals surface area (Å²) in [6.07, 6.45) is 5.13. The first-order valence-electron chi connectivity index (χ1n) is 6.43. The molecule has 0 bridgehead atoms. The molecule has 1 aliphatic rings. The highest BCUT2D eigenvalue weighted by Crippen LogP contribution is 2.19. The lowest BCUT2D eigenvalue weighted by atomic mass is 10.1. The smallest absolute Gasteiger partial charge is 0.240 e. The number of nitrogens with zero attached hydrogens (tertiary/aromatic N) is 2. The standard InChI is InChI=1S/C13H16N4O2S/c18-20(19,16-4-6-17-5-3-14-10-17)13-2-1-11-8-15-9-12(11)7-13/h1-3,5,7,10,15-16H,4,6,8-9H2. The molecule has 106 valence electrons. The van der Waals surface area contributed by atoms with Gasteiger partial charge in [0.2, 0.25) is 10.0 Å². The molecule has 6 nitrogen and oxygen atoms in total. The van der Waals surface area contributed by atoms with Crippen molar-refractivity contribution in [1.82, 2.24) is 19.6 Å². The van der Waals surface area contributed by atoms with Crippen LogP contribution in [-0.4, -0.2) is 24.5 Å². The van der Waals surface area contributed by atoms with Crippen molar-refractivity contribution in [2.24, 2.45) is 0 Å². The van der Waals surface area contributed by atoms with Crippen molar-refractivity contribution in [1.29, 1.82) is 0 Å². The molecule has 0 atom stereocenters. The van der Waals surface area contributed by atoms with Gasteiger partial charge in [-0.2, -0.15) is 0 Å². The molecule has 1 aromatic carbocycles. The lowest BCUT2D eigenvalue weighted by Gasteiger charge is -2.08. The zero-order chi connectivity index (χ0) is 14.0. The van der Waals surface area contributed by atoms with E-state index in [-0.39, 0.29) is 0 Å². The van der Waals surface area contributed by atoms with Gasteiger partial charge in [-0.3, -0.25) is 0 Å². The van der Waals surface area contributed by atoms with Gasteiger partial charge in [-0.1, -0.05) is 6.07 Å². The summed E-state index contributed by atoms with van der Waals surface area (Å²) in [6.45, 7) is 2.44. The first-order chi connectivity index (χ1) is 9.65. The van der Waals surface area contributed by atoms with E-state index < -0.39 is 10.0 Å². The van der Waals surface area contributed by atoms with E-state index in [1.807, 2.05) is 10.6 Å². The van der Waals surface area contributed by atoms with Gasteiger partial charge < -0.3 is 9.88 Å². The molecular weight excluding hydrogens is 276 g/mol. The summed E-state index contributed by atoms with van der Waals surface area (Å²) in [5.41, 5.74) is 2.23. The third kappa shape index (κ3) is 2.74. The second-order valence-electron chi connectivity index (χ2n) is 4.73. The average molecular weight is 292 g/mol. The molecule has 3 rings (SSSR count). The van der Waals surface area contributed by atoms with Crippen molar-refractivity contribution >= 4 is 10.0 Å². The van der Waals surface area contributed by atoms with Crippen molar-refractivity contribution in [2.45, 2.75) is 24.5 Å². The van der Waals surface area contributed by atoms with Crippen LogP contribution in [0.2, 0.25) is 0 Å². The monoisotopic (exact) mass is 292 g/mol. The number of imidazole rings is 1. The molecule has 7 heteroatoms. The van der Waals surface area contributed by atoms with Crippen molar-refractivity contribution in [3.05, 3.63) is 48.0 Å². The lowest BCUT2D eigenvalue weighted by Crippen LogP contribution is -2.27. The van der Waals surface area contributed by atoms with Gasteiger partial charge in [-0.15, -0.1) is 0 Å². The Morgan fingerprint density at radius 1 is 1.30 bits per heavy atom. The summed E-state index contributed by atoms with van der Waals surface area (Å²) in [5, 5.41) is 3.20. The molecule has 2 aromatic rings. The fraction of sp³-hybridized carbons (Fsp3) is 0.308. The van der Waals surface area contributed by atoms with Crippen molar-refractivity contribution < 1.29 is 8.42 Å². The molecule has 1 aliphatic heterocycles. The van der Waals surface area contributed by atoms with E-state index in [1.54, 1.807) is 30.9 Å². The number of aromatic nitrogens is 2. The summed E-state index contributed by atoms with van der Waals surface area (Å²) < 4.78 is 28.8. The van der Waals surface area contributed by atoms with Crippen molar-refractivity contribution in [3.8, 4) is 0 Å². The molecule has 2 N–H and O–H groups in total. The largest absolute Gasteiger partial charge is 0.336 e. The summed E-state index contributed by atoms with van der Waals surface area (Å²) in [7, 11) is -3.45. The Kier molecular flexibility index (Phi) is 3.56. The number of benzene rings is 1. The zero-order valence-corrected chi connectivity index (χ0v) is 11.7. The molecule has 0 spiro atoms. The highest BCUT2D eigenvalue weighted by Gasteiger charge is 2.17. The maximum atomic E-state index is 12.2.